The topological polar surface area (TPSA) is 44.5 Å². The second kappa shape index (κ2) is 6.31. The van der Waals surface area contributed by atoms with Crippen LogP contribution in [0.4, 0.5) is 0 Å². The average molecular weight is 252 g/mol. The van der Waals surface area contributed by atoms with E-state index in [1.165, 1.54) is 6.42 Å². The zero-order chi connectivity index (χ0) is 13.0. The lowest BCUT2D eigenvalue weighted by Crippen LogP contribution is -2.31. The van der Waals surface area contributed by atoms with E-state index in [9.17, 15) is 0 Å². The van der Waals surface area contributed by atoms with Crippen molar-refractivity contribution in [3.63, 3.8) is 0 Å². The lowest BCUT2D eigenvalue weighted by atomic mass is 10.2. The van der Waals surface area contributed by atoms with Gasteiger partial charge in [0, 0.05) is 31.7 Å². The fourth-order valence-corrected chi connectivity index (χ4v) is 2.36. The Morgan fingerprint density at radius 3 is 3.06 bits per heavy atom. The Hall–Kier alpha value is -0.910. The van der Waals surface area contributed by atoms with Gasteiger partial charge >= 0.3 is 0 Å². The maximum absolute atomic E-state index is 5.37. The van der Waals surface area contributed by atoms with Crippen LogP contribution in [0.1, 0.15) is 24.8 Å². The molecule has 1 atom stereocenters. The molecule has 0 aliphatic carbocycles. The van der Waals surface area contributed by atoms with Crippen molar-refractivity contribution in [2.75, 3.05) is 33.7 Å². The number of likely N-dealkylation sites (N-methyl/N-ethyl adjacent to an activating group) is 1. The van der Waals surface area contributed by atoms with Gasteiger partial charge in [-0.15, -0.1) is 0 Å². The molecule has 2 heterocycles. The fraction of sp³-hybridized carbons (Fsp3) is 0.769. The van der Waals surface area contributed by atoms with Gasteiger partial charge in [0.1, 0.15) is 0 Å². The second-order valence-electron chi connectivity index (χ2n) is 5.21. The first-order valence-corrected chi connectivity index (χ1v) is 6.73. The summed E-state index contributed by atoms with van der Waals surface area (Å²) in [6.45, 7) is 6.98. The highest BCUT2D eigenvalue weighted by molar-refractivity contribution is 5.05. The zero-order valence-electron chi connectivity index (χ0n) is 11.6. The summed E-state index contributed by atoms with van der Waals surface area (Å²) in [6, 6.07) is 2.74. The largest absolute Gasteiger partial charge is 0.360 e. The van der Waals surface area contributed by atoms with E-state index in [4.69, 9.17) is 4.52 Å². The van der Waals surface area contributed by atoms with Crippen LogP contribution in [0.15, 0.2) is 10.6 Å². The SMILES string of the molecule is CCNCc1cc(CN2CCC(N(C)C)C2)on1. The van der Waals surface area contributed by atoms with Gasteiger partial charge < -0.3 is 14.7 Å². The average Bonchev–Trinajstić information content (AvgIpc) is 2.96. The molecule has 1 aromatic rings. The minimum atomic E-state index is 0.675. The Labute approximate surface area is 109 Å². The van der Waals surface area contributed by atoms with Gasteiger partial charge in [-0.1, -0.05) is 12.1 Å². The van der Waals surface area contributed by atoms with Crippen molar-refractivity contribution >= 4 is 0 Å². The van der Waals surface area contributed by atoms with Crippen LogP contribution >= 0.6 is 0 Å². The van der Waals surface area contributed by atoms with E-state index in [1.54, 1.807) is 0 Å². The Bertz CT molecular complexity index is 364. The van der Waals surface area contributed by atoms with Crippen LogP contribution in [-0.4, -0.2) is 54.7 Å². The van der Waals surface area contributed by atoms with Crippen LogP contribution in [0.2, 0.25) is 0 Å². The van der Waals surface area contributed by atoms with Gasteiger partial charge in [0.15, 0.2) is 5.76 Å². The first kappa shape index (κ1) is 13.5. The number of aromatic nitrogens is 1. The molecule has 1 fully saturated rings. The van der Waals surface area contributed by atoms with Crippen molar-refractivity contribution in [3.8, 4) is 0 Å². The summed E-state index contributed by atoms with van der Waals surface area (Å²) in [5.74, 6) is 0.974. The molecule has 5 nitrogen and oxygen atoms in total. The molecule has 1 aromatic heterocycles. The molecule has 1 N–H and O–H groups in total. The van der Waals surface area contributed by atoms with Crippen LogP contribution in [0, 0.1) is 0 Å². The summed E-state index contributed by atoms with van der Waals surface area (Å²) in [5, 5.41) is 7.33. The molecule has 1 saturated heterocycles. The van der Waals surface area contributed by atoms with Crippen molar-refractivity contribution in [1.82, 2.24) is 20.3 Å². The number of rotatable bonds is 6. The summed E-state index contributed by atoms with van der Waals surface area (Å²) < 4.78 is 5.37. The van der Waals surface area contributed by atoms with Gasteiger partial charge in [0.2, 0.25) is 0 Å². The van der Waals surface area contributed by atoms with E-state index in [1.807, 2.05) is 0 Å². The molecule has 0 radical (unpaired) electrons. The van der Waals surface area contributed by atoms with E-state index in [0.29, 0.717) is 6.04 Å². The summed E-state index contributed by atoms with van der Waals surface area (Å²) >= 11 is 0. The maximum atomic E-state index is 5.37. The molecule has 5 heteroatoms. The van der Waals surface area contributed by atoms with E-state index in [0.717, 1.165) is 44.2 Å². The second-order valence-corrected chi connectivity index (χ2v) is 5.21. The van der Waals surface area contributed by atoms with Crippen LogP contribution in [0.25, 0.3) is 0 Å². The molecule has 0 amide bonds. The molecule has 102 valence electrons. The third-order valence-electron chi connectivity index (χ3n) is 3.52. The molecule has 0 bridgehead atoms. The summed E-state index contributed by atoms with van der Waals surface area (Å²) in [4.78, 5) is 4.74. The predicted molar refractivity (Wildman–Crippen MR) is 71.3 cm³/mol. The minimum absolute atomic E-state index is 0.675. The van der Waals surface area contributed by atoms with Gasteiger partial charge in [-0.3, -0.25) is 4.90 Å². The van der Waals surface area contributed by atoms with Gasteiger partial charge in [0.05, 0.1) is 12.2 Å². The fourth-order valence-electron chi connectivity index (χ4n) is 2.36. The molecule has 2 rings (SSSR count). The van der Waals surface area contributed by atoms with Crippen molar-refractivity contribution in [2.45, 2.75) is 32.5 Å². The Kier molecular flexibility index (Phi) is 4.74. The molecule has 0 spiro atoms. The highest BCUT2D eigenvalue weighted by Crippen LogP contribution is 2.16. The number of hydrogen-bond acceptors (Lipinski definition) is 5. The molecular formula is C13H24N4O. The Morgan fingerprint density at radius 1 is 1.56 bits per heavy atom. The van der Waals surface area contributed by atoms with Crippen molar-refractivity contribution < 1.29 is 4.52 Å². The van der Waals surface area contributed by atoms with E-state index < -0.39 is 0 Å². The van der Waals surface area contributed by atoms with Crippen molar-refractivity contribution in [2.24, 2.45) is 0 Å². The first-order chi connectivity index (χ1) is 8.69. The molecule has 1 unspecified atom stereocenters. The normalized spacial score (nSPS) is 21.0. The van der Waals surface area contributed by atoms with Crippen molar-refractivity contribution in [1.29, 1.82) is 0 Å². The standard InChI is InChI=1S/C13H24N4O/c1-4-14-8-11-7-13(18-15-11)10-17-6-5-12(9-17)16(2)3/h7,12,14H,4-6,8-10H2,1-3H3. The predicted octanol–water partition coefficient (Wildman–Crippen LogP) is 0.920. The van der Waals surface area contributed by atoms with Gasteiger partial charge in [0.25, 0.3) is 0 Å². The van der Waals surface area contributed by atoms with Crippen molar-refractivity contribution in [3.05, 3.63) is 17.5 Å². The van der Waals surface area contributed by atoms with Crippen LogP contribution < -0.4 is 5.32 Å². The van der Waals surface area contributed by atoms with Gasteiger partial charge in [-0.2, -0.15) is 0 Å². The molecule has 0 saturated carbocycles. The summed E-state index contributed by atoms with van der Waals surface area (Å²) in [6.07, 6.45) is 1.24. The molecule has 1 aliphatic rings. The smallest absolute Gasteiger partial charge is 0.151 e. The minimum Gasteiger partial charge on any atom is -0.360 e. The van der Waals surface area contributed by atoms with E-state index in [-0.39, 0.29) is 0 Å². The van der Waals surface area contributed by atoms with Crippen LogP contribution in [0.5, 0.6) is 0 Å². The number of hydrogen-bond donors (Lipinski definition) is 1. The number of nitrogens with one attached hydrogen (secondary N) is 1. The Morgan fingerprint density at radius 2 is 2.39 bits per heavy atom. The Balaban J connectivity index is 1.81. The summed E-state index contributed by atoms with van der Waals surface area (Å²) in [5.41, 5.74) is 0.996. The number of nitrogens with zero attached hydrogens (tertiary/aromatic N) is 3. The van der Waals surface area contributed by atoms with Crippen LogP contribution in [0.3, 0.4) is 0 Å². The maximum Gasteiger partial charge on any atom is 0.151 e. The third-order valence-corrected chi connectivity index (χ3v) is 3.52. The monoisotopic (exact) mass is 252 g/mol. The molecule has 18 heavy (non-hydrogen) atoms. The van der Waals surface area contributed by atoms with Gasteiger partial charge in [-0.25, -0.2) is 0 Å². The highest BCUT2D eigenvalue weighted by Gasteiger charge is 2.24. The summed E-state index contributed by atoms with van der Waals surface area (Å²) in [7, 11) is 4.30. The van der Waals surface area contributed by atoms with Crippen LogP contribution in [-0.2, 0) is 13.1 Å². The van der Waals surface area contributed by atoms with Gasteiger partial charge in [-0.05, 0) is 27.1 Å². The molecular weight excluding hydrogens is 228 g/mol. The first-order valence-electron chi connectivity index (χ1n) is 6.73. The number of likely N-dealkylation sites (tertiary alicyclic amines) is 1. The van der Waals surface area contributed by atoms with E-state index in [2.05, 4.69) is 47.4 Å². The lowest BCUT2D eigenvalue weighted by molar-refractivity contribution is 0.241. The van der Waals surface area contributed by atoms with E-state index >= 15 is 0 Å². The zero-order valence-corrected chi connectivity index (χ0v) is 11.6. The highest BCUT2D eigenvalue weighted by atomic mass is 16.5. The molecule has 1 aliphatic heterocycles. The lowest BCUT2D eigenvalue weighted by Gasteiger charge is -2.19. The quantitative estimate of drug-likeness (QED) is 0.815. The molecule has 0 aromatic carbocycles. The third kappa shape index (κ3) is 3.54.